The van der Waals surface area contributed by atoms with Crippen molar-refractivity contribution in [2.75, 3.05) is 34.0 Å². The first kappa shape index (κ1) is 26.5. The Morgan fingerprint density at radius 3 is 2.42 bits per heavy atom. The first-order chi connectivity index (χ1) is 18.4. The highest BCUT2D eigenvalue weighted by molar-refractivity contribution is 5.44. The SMILES string of the molecule is C#CCO[C@H]1CCC2C3CC[C@@]4(O)CC(OC)(OC)CCC4=C3[C@H](c3ccc(C4OCCO4)cc3)C[C@@]21C. The minimum atomic E-state index is -0.897. The highest BCUT2D eigenvalue weighted by atomic mass is 16.7. The third-order valence-corrected chi connectivity index (χ3v) is 10.7. The molecule has 6 atom stereocenters. The topological polar surface area (TPSA) is 66.4 Å². The van der Waals surface area contributed by atoms with Gasteiger partial charge in [0.15, 0.2) is 12.1 Å². The van der Waals surface area contributed by atoms with Crippen molar-refractivity contribution in [3.05, 3.63) is 46.5 Å². The van der Waals surface area contributed by atoms with Crippen LogP contribution in [0.25, 0.3) is 0 Å². The molecule has 6 nitrogen and oxygen atoms in total. The maximum atomic E-state index is 12.2. The second-order valence-electron chi connectivity index (χ2n) is 12.3. The van der Waals surface area contributed by atoms with Gasteiger partial charge in [0.05, 0.1) is 24.9 Å². The van der Waals surface area contributed by atoms with Gasteiger partial charge in [0.1, 0.15) is 6.61 Å². The average Bonchev–Trinajstić information content (AvgIpc) is 3.59. The van der Waals surface area contributed by atoms with Gasteiger partial charge in [-0.05, 0) is 66.9 Å². The summed E-state index contributed by atoms with van der Waals surface area (Å²) in [5.41, 5.74) is 4.21. The summed E-state index contributed by atoms with van der Waals surface area (Å²) in [6, 6.07) is 8.79. The first-order valence-corrected chi connectivity index (χ1v) is 14.3. The van der Waals surface area contributed by atoms with E-state index in [0.717, 1.165) is 50.5 Å². The summed E-state index contributed by atoms with van der Waals surface area (Å²) in [6.45, 7) is 4.06. The minimum absolute atomic E-state index is 0.0412. The molecule has 1 heterocycles. The number of aliphatic hydroxyl groups is 1. The van der Waals surface area contributed by atoms with Crippen molar-refractivity contribution in [1.29, 1.82) is 0 Å². The lowest BCUT2D eigenvalue weighted by Crippen LogP contribution is -2.54. The van der Waals surface area contributed by atoms with Crippen molar-refractivity contribution in [3.8, 4) is 12.3 Å². The van der Waals surface area contributed by atoms with Gasteiger partial charge in [-0.25, -0.2) is 0 Å². The van der Waals surface area contributed by atoms with Gasteiger partial charge in [-0.2, -0.15) is 0 Å². The molecule has 5 aliphatic rings. The molecule has 6 heteroatoms. The normalized spacial score (nSPS) is 38.4. The van der Waals surface area contributed by atoms with Crippen molar-refractivity contribution in [2.45, 2.75) is 88.0 Å². The molecule has 1 aromatic rings. The van der Waals surface area contributed by atoms with E-state index in [4.69, 9.17) is 30.1 Å². The number of benzene rings is 1. The Balaban J connectivity index is 1.42. The van der Waals surface area contributed by atoms with Crippen molar-refractivity contribution >= 4 is 0 Å². The number of terminal acetylenes is 1. The molecule has 1 N–H and O–H groups in total. The van der Waals surface area contributed by atoms with Crippen LogP contribution in [0.15, 0.2) is 35.4 Å². The molecule has 0 amide bonds. The van der Waals surface area contributed by atoms with Crippen LogP contribution in [0.5, 0.6) is 0 Å². The van der Waals surface area contributed by atoms with Crippen LogP contribution in [0, 0.1) is 29.6 Å². The fourth-order valence-electron chi connectivity index (χ4n) is 8.81. The van der Waals surface area contributed by atoms with E-state index in [1.54, 1.807) is 14.2 Å². The molecule has 1 aromatic carbocycles. The molecular formula is C32H42O6. The highest BCUT2D eigenvalue weighted by Gasteiger charge is 2.60. The lowest BCUT2D eigenvalue weighted by molar-refractivity contribution is -0.246. The summed E-state index contributed by atoms with van der Waals surface area (Å²) < 4.78 is 29.4. The second-order valence-corrected chi connectivity index (χ2v) is 12.3. The smallest absolute Gasteiger partial charge is 0.184 e. The van der Waals surface area contributed by atoms with Crippen LogP contribution in [-0.2, 0) is 23.7 Å². The van der Waals surface area contributed by atoms with Gasteiger partial charge in [0, 0.05) is 38.5 Å². The summed E-state index contributed by atoms with van der Waals surface area (Å²) >= 11 is 0. The van der Waals surface area contributed by atoms with Crippen LogP contribution in [0.4, 0.5) is 0 Å². The Morgan fingerprint density at radius 2 is 1.74 bits per heavy atom. The van der Waals surface area contributed by atoms with Gasteiger partial charge < -0.3 is 28.8 Å². The quantitative estimate of drug-likeness (QED) is 0.312. The third kappa shape index (κ3) is 4.18. The second kappa shape index (κ2) is 10.0. The Labute approximate surface area is 227 Å². The van der Waals surface area contributed by atoms with E-state index in [1.165, 1.54) is 16.7 Å². The van der Waals surface area contributed by atoms with Crippen LogP contribution >= 0.6 is 0 Å². The maximum Gasteiger partial charge on any atom is 0.184 e. The number of hydrogen-bond donors (Lipinski definition) is 1. The van der Waals surface area contributed by atoms with Crippen LogP contribution in [-0.4, -0.2) is 56.6 Å². The Kier molecular flexibility index (Phi) is 7.00. The summed E-state index contributed by atoms with van der Waals surface area (Å²) in [6.07, 6.45) is 12.4. The van der Waals surface area contributed by atoms with Gasteiger partial charge in [-0.3, -0.25) is 0 Å². The highest BCUT2D eigenvalue weighted by Crippen LogP contribution is 2.65. The summed E-state index contributed by atoms with van der Waals surface area (Å²) in [5.74, 6) is 3.15. The molecule has 0 spiro atoms. The molecular weight excluding hydrogens is 480 g/mol. The molecule has 4 fully saturated rings. The number of hydrogen-bond acceptors (Lipinski definition) is 6. The predicted octanol–water partition coefficient (Wildman–Crippen LogP) is 5.26. The zero-order chi connectivity index (χ0) is 26.5. The molecule has 1 aliphatic heterocycles. The number of ether oxygens (including phenoxy) is 5. The lowest BCUT2D eigenvalue weighted by Gasteiger charge is -2.56. The molecule has 0 radical (unpaired) electrons. The van der Waals surface area contributed by atoms with E-state index in [1.807, 2.05) is 0 Å². The standard InChI is InChI=1S/C32H42O6/c1-5-16-36-27-11-10-25-23-12-14-31(33)20-32(34-3,35-4)15-13-26(31)28(23)24(19-30(25,27)2)21-6-8-22(9-7-21)29-37-17-18-38-29/h1,6-9,23-25,27,29,33H,10-20H2,2-4H3/t23?,24-,25?,27-,30-,31+/m0/s1. The molecule has 3 saturated carbocycles. The zero-order valence-corrected chi connectivity index (χ0v) is 23.0. The van der Waals surface area contributed by atoms with Crippen LogP contribution < -0.4 is 0 Å². The first-order valence-electron chi connectivity index (χ1n) is 14.3. The molecule has 6 rings (SSSR count). The number of rotatable bonds is 6. The maximum absolute atomic E-state index is 12.2. The van der Waals surface area contributed by atoms with Crippen LogP contribution in [0.2, 0.25) is 0 Å². The Hall–Kier alpha value is -1.72. The molecule has 0 aromatic heterocycles. The molecule has 38 heavy (non-hydrogen) atoms. The molecule has 0 bridgehead atoms. The molecule has 2 unspecified atom stereocenters. The predicted molar refractivity (Wildman–Crippen MR) is 143 cm³/mol. The summed E-state index contributed by atoms with van der Waals surface area (Å²) in [4.78, 5) is 0. The van der Waals surface area contributed by atoms with Crippen LogP contribution in [0.1, 0.15) is 81.6 Å². The fourth-order valence-corrected chi connectivity index (χ4v) is 8.81. The van der Waals surface area contributed by atoms with E-state index in [2.05, 4.69) is 37.1 Å². The Morgan fingerprint density at radius 1 is 1.03 bits per heavy atom. The van der Waals surface area contributed by atoms with E-state index in [0.29, 0.717) is 38.1 Å². The zero-order valence-electron chi connectivity index (χ0n) is 23.0. The van der Waals surface area contributed by atoms with Gasteiger partial charge in [-0.15, -0.1) is 6.42 Å². The Bertz CT molecular complexity index is 1090. The molecule has 4 aliphatic carbocycles. The number of methoxy groups -OCH3 is 2. The van der Waals surface area contributed by atoms with E-state index in [9.17, 15) is 5.11 Å². The largest absolute Gasteiger partial charge is 0.385 e. The van der Waals surface area contributed by atoms with Gasteiger partial charge in [-0.1, -0.05) is 42.7 Å². The van der Waals surface area contributed by atoms with E-state index < -0.39 is 11.4 Å². The molecule has 206 valence electrons. The number of fused-ring (bicyclic) bond motifs is 4. The third-order valence-electron chi connectivity index (χ3n) is 10.7. The van der Waals surface area contributed by atoms with Crippen molar-refractivity contribution in [1.82, 2.24) is 0 Å². The van der Waals surface area contributed by atoms with Crippen molar-refractivity contribution in [3.63, 3.8) is 0 Å². The fraction of sp³-hybridized carbons (Fsp3) is 0.688. The molecule has 1 saturated heterocycles. The lowest BCUT2D eigenvalue weighted by atomic mass is 9.51. The van der Waals surface area contributed by atoms with Crippen molar-refractivity contribution in [2.24, 2.45) is 17.3 Å². The van der Waals surface area contributed by atoms with E-state index in [-0.39, 0.29) is 23.7 Å². The van der Waals surface area contributed by atoms with Crippen LogP contribution in [0.3, 0.4) is 0 Å². The number of allylic oxidation sites excluding steroid dienone is 1. The van der Waals surface area contributed by atoms with Gasteiger partial charge >= 0.3 is 0 Å². The van der Waals surface area contributed by atoms with Gasteiger partial charge in [0.2, 0.25) is 0 Å². The minimum Gasteiger partial charge on any atom is -0.385 e. The summed E-state index contributed by atoms with van der Waals surface area (Å²) in [5, 5.41) is 12.2. The van der Waals surface area contributed by atoms with E-state index >= 15 is 0 Å². The van der Waals surface area contributed by atoms with Crippen molar-refractivity contribution < 1.29 is 28.8 Å². The summed E-state index contributed by atoms with van der Waals surface area (Å²) in [7, 11) is 3.39. The monoisotopic (exact) mass is 522 g/mol. The van der Waals surface area contributed by atoms with Gasteiger partial charge in [0.25, 0.3) is 0 Å². The average molecular weight is 523 g/mol.